The summed E-state index contributed by atoms with van der Waals surface area (Å²) in [4.78, 5) is 34.8. The van der Waals surface area contributed by atoms with Crippen LogP contribution in [0.3, 0.4) is 0 Å². The van der Waals surface area contributed by atoms with Crippen molar-refractivity contribution in [2.24, 2.45) is 11.8 Å². The standard InChI is InChI=1S/C18H24N2O5S/c1-11-5-4-6-14(12(11)2)19-17(21)10-26-16-8-7-13(18(22)25-3)9-15(16)20(23)24/h7-9,11-12,14H,4-6,10H2,1-3H3,(H,19,21)/t11-,12-,14-/m1/s1. The number of nitro groups is 1. The zero-order valence-corrected chi connectivity index (χ0v) is 16.0. The highest BCUT2D eigenvalue weighted by Gasteiger charge is 2.28. The Kier molecular flexibility index (Phi) is 7.02. The Hall–Kier alpha value is -2.09. The number of carbonyl (C=O) groups excluding carboxylic acids is 2. The minimum Gasteiger partial charge on any atom is -0.465 e. The van der Waals surface area contributed by atoms with Gasteiger partial charge in [-0.05, 0) is 30.4 Å². The lowest BCUT2D eigenvalue weighted by Gasteiger charge is -2.34. The highest BCUT2D eigenvalue weighted by Crippen LogP contribution is 2.31. The fourth-order valence-corrected chi connectivity index (χ4v) is 4.02. The van der Waals surface area contributed by atoms with Gasteiger partial charge >= 0.3 is 5.97 Å². The van der Waals surface area contributed by atoms with Crippen LogP contribution < -0.4 is 5.32 Å². The lowest BCUT2D eigenvalue weighted by atomic mass is 9.78. The van der Waals surface area contributed by atoms with E-state index in [1.807, 2.05) is 0 Å². The van der Waals surface area contributed by atoms with Gasteiger partial charge in [0.05, 0.1) is 28.2 Å². The first-order valence-electron chi connectivity index (χ1n) is 8.62. The van der Waals surface area contributed by atoms with Gasteiger partial charge in [-0.3, -0.25) is 14.9 Å². The maximum atomic E-state index is 12.3. The molecular weight excluding hydrogens is 356 g/mol. The molecule has 1 saturated carbocycles. The predicted octanol–water partition coefficient (Wildman–Crippen LogP) is 3.41. The van der Waals surface area contributed by atoms with Gasteiger partial charge in [-0.15, -0.1) is 11.8 Å². The Bertz CT molecular complexity index is 694. The van der Waals surface area contributed by atoms with Crippen molar-refractivity contribution in [2.45, 2.75) is 44.0 Å². The number of esters is 1. The molecule has 0 saturated heterocycles. The summed E-state index contributed by atoms with van der Waals surface area (Å²) < 4.78 is 4.58. The molecule has 26 heavy (non-hydrogen) atoms. The average Bonchev–Trinajstić information content (AvgIpc) is 2.63. The molecule has 1 aliphatic carbocycles. The van der Waals surface area contributed by atoms with E-state index in [-0.39, 0.29) is 29.0 Å². The molecule has 0 spiro atoms. The van der Waals surface area contributed by atoms with Gasteiger partial charge in [-0.2, -0.15) is 0 Å². The van der Waals surface area contributed by atoms with Crippen LogP contribution in [-0.4, -0.2) is 35.7 Å². The number of hydrogen-bond acceptors (Lipinski definition) is 6. The summed E-state index contributed by atoms with van der Waals surface area (Å²) in [5, 5.41) is 14.3. The molecule has 142 valence electrons. The monoisotopic (exact) mass is 380 g/mol. The normalized spacial score (nSPS) is 22.5. The summed E-state index contributed by atoms with van der Waals surface area (Å²) in [5.41, 5.74) is -0.0941. The SMILES string of the molecule is COC(=O)c1ccc(SCC(=O)N[C@@H]2CCC[C@@H](C)[C@H]2C)c([N+](=O)[O-])c1. The van der Waals surface area contributed by atoms with Gasteiger partial charge in [-0.1, -0.05) is 26.7 Å². The third kappa shape index (κ3) is 4.97. The summed E-state index contributed by atoms with van der Waals surface area (Å²) >= 11 is 1.10. The Balaban J connectivity index is 2.00. The Morgan fingerprint density at radius 2 is 2.08 bits per heavy atom. The first-order valence-corrected chi connectivity index (χ1v) is 9.61. The van der Waals surface area contributed by atoms with E-state index in [9.17, 15) is 19.7 Å². The molecule has 2 rings (SSSR count). The van der Waals surface area contributed by atoms with E-state index in [2.05, 4.69) is 23.9 Å². The number of ether oxygens (including phenoxy) is 1. The topological polar surface area (TPSA) is 98.5 Å². The number of nitro benzene ring substituents is 1. The van der Waals surface area contributed by atoms with Crippen molar-refractivity contribution in [2.75, 3.05) is 12.9 Å². The molecule has 3 atom stereocenters. The molecule has 8 heteroatoms. The molecule has 1 amide bonds. The summed E-state index contributed by atoms with van der Waals surface area (Å²) in [7, 11) is 1.22. The van der Waals surface area contributed by atoms with Crippen molar-refractivity contribution in [3.8, 4) is 0 Å². The van der Waals surface area contributed by atoms with E-state index in [0.29, 0.717) is 16.7 Å². The number of rotatable bonds is 6. The van der Waals surface area contributed by atoms with Crippen LogP contribution in [0.2, 0.25) is 0 Å². The van der Waals surface area contributed by atoms with E-state index in [4.69, 9.17) is 0 Å². The van der Waals surface area contributed by atoms with Crippen LogP contribution in [0.1, 0.15) is 43.5 Å². The van der Waals surface area contributed by atoms with Gasteiger partial charge in [-0.25, -0.2) is 4.79 Å². The van der Waals surface area contributed by atoms with E-state index in [0.717, 1.165) is 24.6 Å². The summed E-state index contributed by atoms with van der Waals surface area (Å²) in [6, 6.07) is 4.28. The molecule has 0 bridgehead atoms. The second-order valence-electron chi connectivity index (χ2n) is 6.66. The molecule has 0 heterocycles. The molecule has 1 aliphatic rings. The van der Waals surface area contributed by atoms with Gasteiger partial charge in [0, 0.05) is 12.1 Å². The molecule has 7 nitrogen and oxygen atoms in total. The third-order valence-electron chi connectivity index (χ3n) is 4.99. The van der Waals surface area contributed by atoms with Gasteiger partial charge in [0.25, 0.3) is 5.69 Å². The van der Waals surface area contributed by atoms with Crippen LogP contribution in [0.4, 0.5) is 5.69 Å². The number of benzene rings is 1. The van der Waals surface area contributed by atoms with Crippen LogP contribution >= 0.6 is 11.8 Å². The molecule has 0 unspecified atom stereocenters. The maximum Gasteiger partial charge on any atom is 0.338 e. The number of thioether (sulfide) groups is 1. The van der Waals surface area contributed by atoms with Crippen LogP contribution in [0.15, 0.2) is 23.1 Å². The quantitative estimate of drug-likeness (QED) is 0.351. The number of nitrogens with one attached hydrogen (secondary N) is 1. The molecule has 1 aromatic carbocycles. The van der Waals surface area contributed by atoms with Crippen LogP contribution in [0, 0.1) is 22.0 Å². The summed E-state index contributed by atoms with van der Waals surface area (Å²) in [6.07, 6.45) is 3.25. The van der Waals surface area contributed by atoms with Crippen molar-refractivity contribution < 1.29 is 19.2 Å². The van der Waals surface area contributed by atoms with Crippen LogP contribution in [0.5, 0.6) is 0 Å². The van der Waals surface area contributed by atoms with Crippen molar-refractivity contribution in [3.63, 3.8) is 0 Å². The molecule has 1 aromatic rings. The largest absolute Gasteiger partial charge is 0.465 e. The first kappa shape index (κ1) is 20.2. The number of hydrogen-bond donors (Lipinski definition) is 1. The lowest BCUT2D eigenvalue weighted by Crippen LogP contribution is -2.44. The van der Waals surface area contributed by atoms with Crippen LogP contribution in [0.25, 0.3) is 0 Å². The van der Waals surface area contributed by atoms with Gasteiger partial charge < -0.3 is 10.1 Å². The van der Waals surface area contributed by atoms with E-state index < -0.39 is 10.9 Å². The molecule has 0 aromatic heterocycles. The Morgan fingerprint density at radius 1 is 1.35 bits per heavy atom. The molecule has 0 radical (unpaired) electrons. The molecule has 1 fully saturated rings. The fourth-order valence-electron chi connectivity index (χ4n) is 3.20. The number of amides is 1. The highest BCUT2D eigenvalue weighted by atomic mass is 32.2. The van der Waals surface area contributed by atoms with Gasteiger partial charge in [0.1, 0.15) is 0 Å². The smallest absolute Gasteiger partial charge is 0.338 e. The second-order valence-corrected chi connectivity index (χ2v) is 7.68. The lowest BCUT2D eigenvalue weighted by molar-refractivity contribution is -0.387. The van der Waals surface area contributed by atoms with E-state index in [1.54, 1.807) is 0 Å². The van der Waals surface area contributed by atoms with Gasteiger partial charge in [0.2, 0.25) is 5.91 Å². The first-order chi connectivity index (χ1) is 12.3. The maximum absolute atomic E-state index is 12.3. The predicted molar refractivity (Wildman–Crippen MR) is 99.3 cm³/mol. The number of methoxy groups -OCH3 is 1. The van der Waals surface area contributed by atoms with E-state index >= 15 is 0 Å². The Labute approximate surface area is 157 Å². The summed E-state index contributed by atoms with van der Waals surface area (Å²) in [5.74, 6) is 0.325. The van der Waals surface area contributed by atoms with E-state index in [1.165, 1.54) is 31.7 Å². The minimum atomic E-state index is -0.636. The number of carbonyl (C=O) groups is 2. The zero-order chi connectivity index (χ0) is 19.3. The van der Waals surface area contributed by atoms with Crippen molar-refractivity contribution in [1.82, 2.24) is 5.32 Å². The van der Waals surface area contributed by atoms with Crippen molar-refractivity contribution in [1.29, 1.82) is 0 Å². The molecular formula is C18H24N2O5S. The summed E-state index contributed by atoms with van der Waals surface area (Å²) in [6.45, 7) is 4.35. The van der Waals surface area contributed by atoms with Crippen molar-refractivity contribution in [3.05, 3.63) is 33.9 Å². The molecule has 1 N–H and O–H groups in total. The fraction of sp³-hybridized carbons (Fsp3) is 0.556. The van der Waals surface area contributed by atoms with Crippen LogP contribution in [-0.2, 0) is 9.53 Å². The van der Waals surface area contributed by atoms with Crippen molar-refractivity contribution >= 4 is 29.3 Å². The Morgan fingerprint density at radius 3 is 2.73 bits per heavy atom. The third-order valence-corrected chi connectivity index (χ3v) is 6.05. The average molecular weight is 380 g/mol. The highest BCUT2D eigenvalue weighted by molar-refractivity contribution is 8.00. The van der Waals surface area contributed by atoms with Gasteiger partial charge in [0.15, 0.2) is 0 Å². The zero-order valence-electron chi connectivity index (χ0n) is 15.2. The second kappa shape index (κ2) is 9.02. The number of nitrogens with zero attached hydrogens (tertiary/aromatic N) is 1. The molecule has 0 aliphatic heterocycles. The minimum absolute atomic E-state index is 0.0933.